The number of hydrogen-bond acceptors (Lipinski definition) is 17. The topological polar surface area (TPSA) is 198 Å². The quantitative estimate of drug-likeness (QED) is 0.141. The molecule has 17 aromatic rings. The van der Waals surface area contributed by atoms with Gasteiger partial charge in [0.2, 0.25) is 17.7 Å². The molecule has 0 aliphatic heterocycles. The van der Waals surface area contributed by atoms with E-state index in [1.165, 1.54) is 81.7 Å². The van der Waals surface area contributed by atoms with Gasteiger partial charge in [-0.15, -0.1) is 43.1 Å². The molecule has 125 heavy (non-hydrogen) atoms. The Morgan fingerprint density at radius 3 is 0.912 bits per heavy atom. The van der Waals surface area contributed by atoms with Crippen LogP contribution in [0.2, 0.25) is 0 Å². The number of rotatable bonds is 1. The minimum Gasteiger partial charge on any atom is -0.467 e. The van der Waals surface area contributed by atoms with Crippen LogP contribution in [-0.2, 0) is 0 Å². The molecule has 9 aromatic carbocycles. The van der Waals surface area contributed by atoms with Crippen molar-refractivity contribution in [2.24, 2.45) is 0 Å². The first-order valence-corrected chi connectivity index (χ1v) is 43.0. The number of aryl methyl sites for hydroxylation is 26. The average molecular weight is 1700 g/mol. The standard InChI is InChI=1S/C16H14.C15H12O.C14H14.C12H12.C8H10.C7H9N.2C6H8N2.C6H8O.C6H8S.2C4H6N2O.C4H6N2S/c1-13-3-7-15(8-4-13)11-12-16-9-5-14(2)6-10-16;1-9-3-5-11-12-6-4-10(2)8-14(12)15(16)13(11)7-9;1-11-3-7-13(8-4-11)14-9-5-12(2)6-10-14;1-9-7-8-10(2)12-6-4-3-5-11(9)12;1-7-3-5-8(2)6-4-7;1-6-3-4-7(2)8-5-6;1-5-3-8-6(2)4-7-5;1-5-3-7-6(2)8-4-5;2*1-5-3-4-6(2)7-5;1-3-5-6-4(2)7-3;1-3-5-4(2)7-6-3;1-3-5-6-4(2)7-3/h3-10H,1-2H3;3-8H,1-2H3;3-10H,1-2H3;3-8H,1-2H3;3-6H,1-2H3;3-5H,1-2H3;2*3-4H,1-2H3;2*3-4H,1-2H3;3*1-2H3. The fourth-order valence-electron chi connectivity index (χ4n) is 11.2. The van der Waals surface area contributed by atoms with Crippen molar-refractivity contribution in [1.29, 1.82) is 0 Å². The number of carbonyl (C=O) groups excluding carboxylic acids is 1. The summed E-state index contributed by atoms with van der Waals surface area (Å²) in [7, 11) is 0. The second-order valence-electron chi connectivity index (χ2n) is 30.5. The Labute approximate surface area is 750 Å². The summed E-state index contributed by atoms with van der Waals surface area (Å²) < 4.78 is 14.5. The van der Waals surface area contributed by atoms with Crippen LogP contribution < -0.4 is 0 Å². The zero-order chi connectivity index (χ0) is 91.5. The molecule has 0 saturated heterocycles. The highest BCUT2D eigenvalue weighted by Crippen LogP contribution is 2.37. The van der Waals surface area contributed by atoms with Crippen molar-refractivity contribution >= 4 is 39.2 Å². The Kier molecular flexibility index (Phi) is 42.4. The van der Waals surface area contributed by atoms with Gasteiger partial charge in [-0.2, -0.15) is 4.98 Å². The lowest BCUT2D eigenvalue weighted by Crippen LogP contribution is -1.95. The van der Waals surface area contributed by atoms with E-state index in [0.717, 1.165) is 94.5 Å². The molecule has 8 aromatic heterocycles. The summed E-state index contributed by atoms with van der Waals surface area (Å²) in [6, 6.07) is 79.6. The number of furan rings is 1. The number of hydrogen-bond donors (Lipinski definition) is 0. The Morgan fingerprint density at radius 1 is 0.280 bits per heavy atom. The molecule has 17 heteroatoms. The van der Waals surface area contributed by atoms with Gasteiger partial charge in [-0.25, -0.2) is 9.97 Å². The molecule has 0 amide bonds. The van der Waals surface area contributed by atoms with Crippen molar-refractivity contribution in [1.82, 2.24) is 55.5 Å². The summed E-state index contributed by atoms with van der Waals surface area (Å²) in [6.45, 7) is 51.7. The largest absolute Gasteiger partial charge is 0.467 e. The number of carbonyl (C=O) groups is 1. The highest BCUT2D eigenvalue weighted by atomic mass is 32.1. The average Bonchev–Trinajstić information content (AvgIpc) is 1.61. The zero-order valence-corrected chi connectivity index (χ0v) is 79.3. The van der Waals surface area contributed by atoms with Crippen LogP contribution in [0.1, 0.15) is 172 Å². The van der Waals surface area contributed by atoms with E-state index in [2.05, 4.69) is 329 Å². The monoisotopic (exact) mass is 1700 g/mol. The first-order valence-electron chi connectivity index (χ1n) is 41.3. The minimum absolute atomic E-state index is 0.164. The Morgan fingerprint density at radius 2 is 0.640 bits per heavy atom. The highest BCUT2D eigenvalue weighted by Gasteiger charge is 2.26. The van der Waals surface area contributed by atoms with Crippen LogP contribution in [0.25, 0.3) is 33.0 Å². The van der Waals surface area contributed by atoms with Gasteiger partial charge in [0.15, 0.2) is 11.6 Å². The second kappa shape index (κ2) is 52.8. The lowest BCUT2D eigenvalue weighted by molar-refractivity contribution is 0.104. The lowest BCUT2D eigenvalue weighted by Gasteiger charge is -2.03. The molecular formula is C108H121N11O4S2. The molecule has 8 heterocycles. The van der Waals surface area contributed by atoms with E-state index in [4.69, 9.17) is 8.83 Å². The van der Waals surface area contributed by atoms with Gasteiger partial charge in [0.1, 0.15) is 27.4 Å². The van der Waals surface area contributed by atoms with Crippen molar-refractivity contribution < 1.29 is 18.2 Å². The summed E-state index contributed by atoms with van der Waals surface area (Å²) in [4.78, 5) is 38.9. The van der Waals surface area contributed by atoms with Crippen LogP contribution in [0.3, 0.4) is 0 Å². The number of benzene rings is 9. The molecule has 0 saturated carbocycles. The van der Waals surface area contributed by atoms with E-state index >= 15 is 0 Å². The smallest absolute Gasteiger partial charge is 0.223 e. The molecule has 0 bridgehead atoms. The van der Waals surface area contributed by atoms with Crippen LogP contribution in [0, 0.1) is 192 Å². The Bertz CT molecular complexity index is 5350. The van der Waals surface area contributed by atoms with E-state index in [9.17, 15) is 4.79 Å². The van der Waals surface area contributed by atoms with E-state index in [1.54, 1.807) is 51.4 Å². The molecule has 0 fully saturated rings. The molecule has 15 nitrogen and oxygen atoms in total. The Hall–Kier alpha value is -13.4. The number of fused-ring (bicyclic) bond motifs is 4. The van der Waals surface area contributed by atoms with E-state index < -0.39 is 0 Å². The van der Waals surface area contributed by atoms with Crippen molar-refractivity contribution in [2.75, 3.05) is 0 Å². The third-order valence-corrected chi connectivity index (χ3v) is 19.8. The number of ketones is 1. The third kappa shape index (κ3) is 39.1. The maximum Gasteiger partial charge on any atom is 0.223 e. The van der Waals surface area contributed by atoms with Gasteiger partial charge in [-0.1, -0.05) is 225 Å². The second-order valence-corrected chi connectivity index (χ2v) is 33.4. The molecule has 0 radical (unpaired) electrons. The van der Waals surface area contributed by atoms with Crippen molar-refractivity contribution in [3.63, 3.8) is 0 Å². The van der Waals surface area contributed by atoms with Gasteiger partial charge < -0.3 is 13.4 Å². The Balaban J connectivity index is 0.000000212. The van der Waals surface area contributed by atoms with Crippen LogP contribution in [-0.4, -0.2) is 61.2 Å². The molecule has 0 spiro atoms. The molecule has 0 unspecified atom stereocenters. The number of nitrogens with zero attached hydrogens (tertiary/aromatic N) is 11. The normalized spacial score (nSPS) is 9.95. The molecule has 1 aliphatic rings. The predicted octanol–water partition coefficient (Wildman–Crippen LogP) is 27.6. The van der Waals surface area contributed by atoms with E-state index in [0.29, 0.717) is 23.5 Å². The van der Waals surface area contributed by atoms with Gasteiger partial charge in [-0.05, 0) is 281 Å². The van der Waals surface area contributed by atoms with E-state index in [1.807, 2.05) is 155 Å². The van der Waals surface area contributed by atoms with Crippen LogP contribution in [0.15, 0.2) is 275 Å². The SMILES string of the molecule is Cc1ccc(-c2ccc(C)cc2)cc1.Cc1ccc(C#Cc2ccc(C)cc2)cc1.Cc1ccc(C)c2ccccc12.Cc1ccc(C)cc1.Cc1ccc(C)nc1.Cc1ccc(C)o1.Cc1ccc(C)s1.Cc1ccc2c(c1)C(=O)c1cc(C)ccc1-2.Cc1cnc(C)cn1.Cc1cnc(C)nc1.Cc1nnc(C)o1.Cc1nnc(C)s1.Cc1noc(C)n1. The molecule has 644 valence electrons. The fraction of sp³-hybridized carbons (Fsp3) is 0.241. The number of aromatic nitrogens is 11. The maximum atomic E-state index is 12.2. The third-order valence-electron chi connectivity index (χ3n) is 18.1. The summed E-state index contributed by atoms with van der Waals surface area (Å²) in [6.07, 6.45) is 9.00. The molecule has 0 N–H and O–H groups in total. The first kappa shape index (κ1) is 100. The van der Waals surface area contributed by atoms with Crippen molar-refractivity contribution in [2.45, 2.75) is 180 Å². The number of thiophene rings is 1. The molecule has 1 aliphatic carbocycles. The zero-order valence-electron chi connectivity index (χ0n) is 77.7. The number of pyridine rings is 1. The molecule has 18 rings (SSSR count). The maximum absolute atomic E-state index is 12.2. The van der Waals surface area contributed by atoms with Crippen LogP contribution in [0.4, 0.5) is 0 Å². The predicted molar refractivity (Wildman–Crippen MR) is 519 cm³/mol. The summed E-state index contributed by atoms with van der Waals surface area (Å²) in [5.74, 6) is 11.8. The van der Waals surface area contributed by atoms with Gasteiger partial charge >= 0.3 is 0 Å². The summed E-state index contributed by atoms with van der Waals surface area (Å²) in [5, 5.41) is 23.1. The lowest BCUT2D eigenvalue weighted by atomic mass is 10.0. The van der Waals surface area contributed by atoms with Gasteiger partial charge in [0.05, 0.1) is 11.4 Å². The van der Waals surface area contributed by atoms with Crippen molar-refractivity contribution in [3.05, 3.63) is 428 Å². The summed E-state index contributed by atoms with van der Waals surface area (Å²) in [5.41, 5.74) is 26.7. The molecule has 0 atom stereocenters. The van der Waals surface area contributed by atoms with E-state index in [-0.39, 0.29) is 5.78 Å². The van der Waals surface area contributed by atoms with Crippen molar-refractivity contribution in [3.8, 4) is 34.1 Å². The van der Waals surface area contributed by atoms with Gasteiger partial charge in [0, 0.05) is 89.5 Å². The fourth-order valence-corrected chi connectivity index (χ4v) is 12.6. The first-order chi connectivity index (χ1) is 59.5. The highest BCUT2D eigenvalue weighted by molar-refractivity contribution is 7.11. The van der Waals surface area contributed by atoms with Gasteiger partial charge in [0.25, 0.3) is 0 Å². The van der Waals surface area contributed by atoms with Gasteiger partial charge in [-0.3, -0.25) is 19.7 Å². The molecular weight excluding hydrogens is 1580 g/mol. The summed E-state index contributed by atoms with van der Waals surface area (Å²) >= 11 is 3.46. The van der Waals surface area contributed by atoms with Crippen LogP contribution in [0.5, 0.6) is 0 Å². The minimum atomic E-state index is 0.164. The van der Waals surface area contributed by atoms with Crippen LogP contribution >= 0.6 is 22.7 Å².